The topological polar surface area (TPSA) is 84.2 Å². The first-order valence-electron chi connectivity index (χ1n) is 5.23. The highest BCUT2D eigenvalue weighted by Gasteiger charge is 2.14. The molecule has 0 bridgehead atoms. The van der Waals surface area contributed by atoms with Crippen molar-refractivity contribution in [3.05, 3.63) is 12.4 Å². The van der Waals surface area contributed by atoms with Gasteiger partial charge in [0, 0.05) is 32.1 Å². The lowest BCUT2D eigenvalue weighted by molar-refractivity contribution is 0.296. The van der Waals surface area contributed by atoms with E-state index in [1.54, 1.807) is 18.8 Å². The van der Waals surface area contributed by atoms with E-state index in [-0.39, 0.29) is 11.5 Å². The molecule has 1 rings (SSSR count). The van der Waals surface area contributed by atoms with Gasteiger partial charge in [0.15, 0.2) is 0 Å². The number of aromatic nitrogens is 2. The van der Waals surface area contributed by atoms with Crippen LogP contribution in [0.3, 0.4) is 0 Å². The highest BCUT2D eigenvalue weighted by atomic mass is 32.2. The van der Waals surface area contributed by atoms with Crippen molar-refractivity contribution in [1.29, 1.82) is 0 Å². The lowest BCUT2D eigenvalue weighted by Crippen LogP contribution is -2.25. The van der Waals surface area contributed by atoms with Crippen LogP contribution in [0.4, 0.5) is 0 Å². The molecule has 0 spiro atoms. The van der Waals surface area contributed by atoms with Crippen molar-refractivity contribution in [3.8, 4) is 0 Å². The third-order valence-corrected chi connectivity index (χ3v) is 4.46. The van der Waals surface area contributed by atoms with Crippen molar-refractivity contribution in [3.63, 3.8) is 0 Å². The number of hydrogen-bond acceptors (Lipinski definition) is 5. The molecule has 1 aromatic heterocycles. The van der Waals surface area contributed by atoms with Crippen LogP contribution >= 0.6 is 11.8 Å². The SMILES string of the molecule is Cn1cc(S(=O)(=O)NCCSCCCO)cn1. The van der Waals surface area contributed by atoms with E-state index < -0.39 is 10.0 Å². The van der Waals surface area contributed by atoms with Crippen molar-refractivity contribution in [1.82, 2.24) is 14.5 Å². The van der Waals surface area contributed by atoms with Gasteiger partial charge in [-0.2, -0.15) is 16.9 Å². The first kappa shape index (κ1) is 14.5. The summed E-state index contributed by atoms with van der Waals surface area (Å²) in [7, 11) is -1.76. The number of rotatable bonds is 8. The van der Waals surface area contributed by atoms with Gasteiger partial charge in [0.25, 0.3) is 0 Å². The van der Waals surface area contributed by atoms with Crippen LogP contribution in [0.2, 0.25) is 0 Å². The van der Waals surface area contributed by atoms with Crippen molar-refractivity contribution in [2.75, 3.05) is 24.7 Å². The highest BCUT2D eigenvalue weighted by molar-refractivity contribution is 7.99. The minimum atomic E-state index is -3.43. The predicted molar refractivity (Wildman–Crippen MR) is 67.4 cm³/mol. The molecule has 8 heteroatoms. The Kier molecular flexibility index (Phi) is 5.96. The Balaban J connectivity index is 2.31. The molecule has 1 aromatic rings. The van der Waals surface area contributed by atoms with E-state index in [0.717, 1.165) is 12.2 Å². The van der Waals surface area contributed by atoms with Gasteiger partial charge in [0.2, 0.25) is 10.0 Å². The van der Waals surface area contributed by atoms with Crippen LogP contribution in [-0.2, 0) is 17.1 Å². The van der Waals surface area contributed by atoms with Crippen molar-refractivity contribution in [2.45, 2.75) is 11.3 Å². The Bertz CT molecular complexity index is 430. The summed E-state index contributed by atoms with van der Waals surface area (Å²) in [6.07, 6.45) is 3.52. The molecule has 1 heterocycles. The monoisotopic (exact) mass is 279 g/mol. The fourth-order valence-corrected chi connectivity index (χ4v) is 3.07. The van der Waals surface area contributed by atoms with Gasteiger partial charge in [-0.15, -0.1) is 0 Å². The minimum Gasteiger partial charge on any atom is -0.396 e. The van der Waals surface area contributed by atoms with E-state index in [1.165, 1.54) is 17.1 Å². The van der Waals surface area contributed by atoms with Gasteiger partial charge in [0.05, 0.1) is 6.20 Å². The van der Waals surface area contributed by atoms with Crippen LogP contribution in [0.15, 0.2) is 17.3 Å². The Morgan fingerprint density at radius 2 is 2.29 bits per heavy atom. The molecule has 2 N–H and O–H groups in total. The summed E-state index contributed by atoms with van der Waals surface area (Å²) < 4.78 is 27.4. The van der Waals surface area contributed by atoms with Crippen LogP contribution in [-0.4, -0.2) is 48.0 Å². The lowest BCUT2D eigenvalue weighted by atomic mass is 10.5. The molecule has 0 aromatic carbocycles. The van der Waals surface area contributed by atoms with Gasteiger partial charge in [-0.05, 0) is 12.2 Å². The second-order valence-electron chi connectivity index (χ2n) is 3.44. The average Bonchev–Trinajstić information content (AvgIpc) is 2.71. The number of aliphatic hydroxyl groups is 1. The van der Waals surface area contributed by atoms with Crippen molar-refractivity contribution < 1.29 is 13.5 Å². The molecule has 0 aliphatic rings. The Morgan fingerprint density at radius 1 is 1.53 bits per heavy atom. The van der Waals surface area contributed by atoms with Crippen molar-refractivity contribution in [2.24, 2.45) is 7.05 Å². The average molecular weight is 279 g/mol. The van der Waals surface area contributed by atoms with E-state index in [0.29, 0.717) is 12.3 Å². The fourth-order valence-electron chi connectivity index (χ4n) is 1.14. The zero-order valence-corrected chi connectivity index (χ0v) is 11.3. The summed E-state index contributed by atoms with van der Waals surface area (Å²) in [5.41, 5.74) is 0. The Hall–Kier alpha value is -0.570. The van der Waals surface area contributed by atoms with Gasteiger partial charge in [0.1, 0.15) is 4.90 Å². The molecular formula is C9H17N3O3S2. The third-order valence-electron chi connectivity index (χ3n) is 1.98. The van der Waals surface area contributed by atoms with E-state index in [4.69, 9.17) is 5.11 Å². The minimum absolute atomic E-state index is 0.175. The van der Waals surface area contributed by atoms with Gasteiger partial charge >= 0.3 is 0 Å². The number of hydrogen-bond donors (Lipinski definition) is 2. The molecule has 0 saturated carbocycles. The van der Waals surface area contributed by atoms with Crippen LogP contribution in [0, 0.1) is 0 Å². The van der Waals surface area contributed by atoms with E-state index in [2.05, 4.69) is 9.82 Å². The van der Waals surface area contributed by atoms with Gasteiger partial charge in [-0.3, -0.25) is 4.68 Å². The highest BCUT2D eigenvalue weighted by Crippen LogP contribution is 2.06. The molecule has 0 saturated heterocycles. The summed E-state index contributed by atoms with van der Waals surface area (Å²) in [4.78, 5) is 0.181. The number of sulfonamides is 1. The first-order chi connectivity index (χ1) is 8.06. The number of aryl methyl sites for hydroxylation is 1. The molecule has 0 fully saturated rings. The third kappa shape index (κ3) is 5.07. The van der Waals surface area contributed by atoms with Gasteiger partial charge in [-0.1, -0.05) is 0 Å². The normalized spacial score (nSPS) is 11.9. The predicted octanol–water partition coefficient (Wildman–Crippen LogP) is -0.186. The second kappa shape index (κ2) is 7.00. The smallest absolute Gasteiger partial charge is 0.243 e. The Morgan fingerprint density at radius 3 is 2.88 bits per heavy atom. The number of nitrogens with one attached hydrogen (secondary N) is 1. The molecule has 0 atom stereocenters. The molecule has 0 radical (unpaired) electrons. The van der Waals surface area contributed by atoms with Gasteiger partial charge in [-0.25, -0.2) is 13.1 Å². The largest absolute Gasteiger partial charge is 0.396 e. The van der Waals surface area contributed by atoms with E-state index in [1.807, 2.05) is 0 Å². The quantitative estimate of drug-likeness (QED) is 0.645. The maximum atomic E-state index is 11.7. The summed E-state index contributed by atoms with van der Waals surface area (Å²) in [5.74, 6) is 1.53. The molecule has 0 aliphatic heterocycles. The second-order valence-corrected chi connectivity index (χ2v) is 6.43. The fraction of sp³-hybridized carbons (Fsp3) is 0.667. The maximum absolute atomic E-state index is 11.7. The van der Waals surface area contributed by atoms with Crippen molar-refractivity contribution >= 4 is 21.8 Å². The van der Waals surface area contributed by atoms with Crippen LogP contribution in [0.1, 0.15) is 6.42 Å². The zero-order valence-electron chi connectivity index (χ0n) is 9.66. The number of aliphatic hydroxyl groups excluding tert-OH is 1. The standard InChI is InChI=1S/C9H17N3O3S2/c1-12-8-9(7-10-12)17(14,15)11-3-6-16-5-2-4-13/h7-8,11,13H,2-6H2,1H3. The molecule has 17 heavy (non-hydrogen) atoms. The molecule has 98 valence electrons. The molecule has 0 aliphatic carbocycles. The number of nitrogens with zero attached hydrogens (tertiary/aromatic N) is 2. The van der Waals surface area contributed by atoms with Gasteiger partial charge < -0.3 is 5.11 Å². The Labute approximate surface area is 105 Å². The first-order valence-corrected chi connectivity index (χ1v) is 7.87. The summed E-state index contributed by atoms with van der Waals surface area (Å²) in [6, 6.07) is 0. The van der Waals surface area contributed by atoms with E-state index in [9.17, 15) is 8.42 Å². The lowest BCUT2D eigenvalue weighted by Gasteiger charge is -2.04. The molecule has 0 amide bonds. The maximum Gasteiger partial charge on any atom is 0.243 e. The summed E-state index contributed by atoms with van der Waals surface area (Å²) >= 11 is 1.61. The summed E-state index contributed by atoms with van der Waals surface area (Å²) in [6.45, 7) is 0.557. The number of thioether (sulfide) groups is 1. The molecular weight excluding hydrogens is 262 g/mol. The molecule has 6 nitrogen and oxygen atoms in total. The van der Waals surface area contributed by atoms with Crippen LogP contribution < -0.4 is 4.72 Å². The van der Waals surface area contributed by atoms with Crippen LogP contribution in [0.5, 0.6) is 0 Å². The van der Waals surface area contributed by atoms with E-state index >= 15 is 0 Å². The molecule has 0 unspecified atom stereocenters. The summed E-state index contributed by atoms with van der Waals surface area (Å²) in [5, 5.41) is 12.4. The zero-order chi connectivity index (χ0) is 12.7. The van der Waals surface area contributed by atoms with Crippen LogP contribution in [0.25, 0.3) is 0 Å².